The van der Waals surface area contributed by atoms with Gasteiger partial charge >= 0.3 is 0 Å². The maximum Gasteiger partial charge on any atom is 0.241 e. The molecule has 4 rings (SSSR count). The molecule has 0 spiro atoms. The Labute approximate surface area is 157 Å². The van der Waals surface area contributed by atoms with Gasteiger partial charge in [-0.15, -0.1) is 0 Å². The summed E-state index contributed by atoms with van der Waals surface area (Å²) in [6.07, 6.45) is 1.10. The van der Waals surface area contributed by atoms with Gasteiger partial charge in [0.05, 0.1) is 11.5 Å². The van der Waals surface area contributed by atoms with Crippen LogP contribution in [0.3, 0.4) is 0 Å². The van der Waals surface area contributed by atoms with Crippen molar-refractivity contribution in [2.75, 3.05) is 12.3 Å². The summed E-state index contributed by atoms with van der Waals surface area (Å²) < 4.78 is 32.1. The van der Waals surface area contributed by atoms with E-state index in [4.69, 9.17) is 10.5 Å². The van der Waals surface area contributed by atoms with Gasteiger partial charge in [0.1, 0.15) is 27.6 Å². The number of aromatic nitrogens is 3. The number of nitrogens with one attached hydrogen (secondary N) is 1. The Hall–Kier alpha value is -2.61. The Morgan fingerprint density at radius 1 is 1.26 bits per heavy atom. The molecule has 0 bridgehead atoms. The number of anilines is 1. The van der Waals surface area contributed by atoms with Gasteiger partial charge in [0.2, 0.25) is 15.7 Å². The minimum Gasteiger partial charge on any atom is -0.476 e. The van der Waals surface area contributed by atoms with Crippen LogP contribution in [0.1, 0.15) is 26.1 Å². The maximum absolute atomic E-state index is 13.1. The summed E-state index contributed by atoms with van der Waals surface area (Å²) in [5.41, 5.74) is 6.99. The number of aryl methyl sites for hydroxylation is 1. The fourth-order valence-electron chi connectivity index (χ4n) is 3.28. The van der Waals surface area contributed by atoms with Gasteiger partial charge in [-0.2, -0.15) is 4.98 Å². The molecular weight excluding hydrogens is 364 g/mol. The number of fused-ring (bicyclic) bond motifs is 1. The Balaban J connectivity index is 1.80. The van der Waals surface area contributed by atoms with Crippen LogP contribution in [0.15, 0.2) is 40.1 Å². The monoisotopic (exact) mass is 386 g/mol. The van der Waals surface area contributed by atoms with Crippen molar-refractivity contribution in [1.82, 2.24) is 15.0 Å². The number of rotatable bonds is 5. The third-order valence-corrected chi connectivity index (χ3v) is 7.01. The zero-order valence-electron chi connectivity index (χ0n) is 15.5. The molecule has 0 radical (unpaired) electrons. The van der Waals surface area contributed by atoms with E-state index in [1.165, 1.54) is 12.1 Å². The summed E-state index contributed by atoms with van der Waals surface area (Å²) in [4.78, 5) is 11.7. The van der Waals surface area contributed by atoms with Crippen molar-refractivity contribution < 1.29 is 13.2 Å². The first kappa shape index (κ1) is 17.8. The Morgan fingerprint density at radius 3 is 2.56 bits per heavy atom. The molecule has 3 aromatic rings. The van der Waals surface area contributed by atoms with E-state index in [2.05, 4.69) is 28.8 Å². The molecule has 1 aromatic carbocycles. The van der Waals surface area contributed by atoms with E-state index in [9.17, 15) is 8.42 Å². The first-order valence-electron chi connectivity index (χ1n) is 8.79. The van der Waals surface area contributed by atoms with E-state index < -0.39 is 9.84 Å². The summed E-state index contributed by atoms with van der Waals surface area (Å²) in [6.45, 7) is 6.62. The second kappa shape index (κ2) is 5.95. The largest absolute Gasteiger partial charge is 0.476 e. The van der Waals surface area contributed by atoms with E-state index in [1.807, 2.05) is 0 Å². The van der Waals surface area contributed by atoms with E-state index in [1.54, 1.807) is 25.1 Å². The Bertz CT molecular complexity index is 1120. The van der Waals surface area contributed by atoms with E-state index in [-0.39, 0.29) is 26.5 Å². The predicted molar refractivity (Wildman–Crippen MR) is 102 cm³/mol. The maximum atomic E-state index is 13.1. The van der Waals surface area contributed by atoms with Crippen molar-refractivity contribution in [3.63, 3.8) is 0 Å². The molecule has 2 aromatic heterocycles. The minimum absolute atomic E-state index is 0.0327. The van der Waals surface area contributed by atoms with Gasteiger partial charge in [0.25, 0.3) is 0 Å². The number of nitrogens with two attached hydrogens (primary N) is 1. The molecule has 142 valence electrons. The predicted octanol–water partition coefficient (Wildman–Crippen LogP) is 3.11. The van der Waals surface area contributed by atoms with Gasteiger partial charge in [0.15, 0.2) is 0 Å². The number of H-pyrrole nitrogens is 1. The molecule has 8 heteroatoms. The highest BCUT2D eigenvalue weighted by molar-refractivity contribution is 7.92. The zero-order valence-corrected chi connectivity index (χ0v) is 16.3. The first-order valence-corrected chi connectivity index (χ1v) is 10.3. The zero-order chi connectivity index (χ0) is 19.4. The number of benzene rings is 1. The first-order chi connectivity index (χ1) is 12.7. The van der Waals surface area contributed by atoms with Gasteiger partial charge in [-0.25, -0.2) is 13.4 Å². The summed E-state index contributed by atoms with van der Waals surface area (Å²) in [5, 5.41) is 0. The second-order valence-electron chi connectivity index (χ2n) is 7.68. The molecule has 0 aliphatic heterocycles. The highest BCUT2D eigenvalue weighted by Crippen LogP contribution is 2.51. The van der Waals surface area contributed by atoms with Gasteiger partial charge in [-0.1, -0.05) is 32.0 Å². The van der Waals surface area contributed by atoms with Crippen molar-refractivity contribution in [2.45, 2.75) is 37.0 Å². The topological polar surface area (TPSA) is 111 Å². The number of aromatic amines is 1. The number of hydrogen-bond acceptors (Lipinski definition) is 6. The lowest BCUT2D eigenvalue weighted by Gasteiger charge is -2.08. The van der Waals surface area contributed by atoms with E-state index >= 15 is 0 Å². The molecule has 1 fully saturated rings. The Morgan fingerprint density at radius 2 is 1.93 bits per heavy atom. The van der Waals surface area contributed by atoms with E-state index in [0.29, 0.717) is 29.7 Å². The SMILES string of the molecule is Cc1nc(OCC2CC2(C)C)c2[nH]c(N)c(S(=O)(=O)c3ccccc3)c2n1. The molecule has 0 amide bonds. The van der Waals surface area contributed by atoms with Crippen LogP contribution in [0.2, 0.25) is 0 Å². The number of nitrogens with zero attached hydrogens (tertiary/aromatic N) is 2. The number of ether oxygens (including phenoxy) is 1. The summed E-state index contributed by atoms with van der Waals surface area (Å²) in [6, 6.07) is 8.17. The van der Waals surface area contributed by atoms with E-state index in [0.717, 1.165) is 6.42 Å². The highest BCUT2D eigenvalue weighted by Gasteiger charge is 2.46. The molecule has 1 aliphatic carbocycles. The van der Waals surface area contributed by atoms with Crippen LogP contribution in [0.4, 0.5) is 5.82 Å². The van der Waals surface area contributed by atoms with Crippen molar-refractivity contribution in [3.8, 4) is 5.88 Å². The van der Waals surface area contributed by atoms with Crippen LogP contribution in [-0.4, -0.2) is 30.0 Å². The standard InChI is InChI=1S/C19H22N4O3S/c1-11-21-14-15(18(22-11)26-10-12-9-19(12,2)3)23-17(20)16(14)27(24,25)13-7-5-4-6-8-13/h4-8,12,23H,9-10,20H2,1-3H3. The molecule has 7 nitrogen and oxygen atoms in total. The molecule has 27 heavy (non-hydrogen) atoms. The normalized spacial score (nSPS) is 18.6. The lowest BCUT2D eigenvalue weighted by atomic mass is 10.1. The van der Waals surface area contributed by atoms with Crippen molar-refractivity contribution in [3.05, 3.63) is 36.2 Å². The molecule has 3 N–H and O–H groups in total. The van der Waals surface area contributed by atoms with Gasteiger partial charge < -0.3 is 15.5 Å². The average molecular weight is 386 g/mol. The summed E-state index contributed by atoms with van der Waals surface area (Å²) >= 11 is 0. The third-order valence-electron chi connectivity index (χ3n) is 5.17. The molecule has 1 atom stereocenters. The third kappa shape index (κ3) is 3.03. The molecular formula is C19H22N4O3S. The number of nitrogen functional groups attached to an aromatic ring is 1. The Kier molecular flexibility index (Phi) is 3.92. The van der Waals surface area contributed by atoms with Crippen molar-refractivity contribution in [1.29, 1.82) is 0 Å². The van der Waals surface area contributed by atoms with Gasteiger partial charge in [0, 0.05) is 0 Å². The lowest BCUT2D eigenvalue weighted by Crippen LogP contribution is -2.07. The average Bonchev–Trinajstić information content (AvgIpc) is 3.07. The number of hydrogen-bond donors (Lipinski definition) is 2. The molecule has 1 saturated carbocycles. The van der Waals surface area contributed by atoms with Crippen molar-refractivity contribution in [2.24, 2.45) is 11.3 Å². The van der Waals surface area contributed by atoms with Crippen LogP contribution >= 0.6 is 0 Å². The summed E-state index contributed by atoms with van der Waals surface area (Å²) in [5.74, 6) is 1.26. The number of sulfone groups is 1. The second-order valence-corrected chi connectivity index (χ2v) is 9.57. The highest BCUT2D eigenvalue weighted by atomic mass is 32.2. The molecule has 0 saturated heterocycles. The fraction of sp³-hybridized carbons (Fsp3) is 0.368. The minimum atomic E-state index is -3.83. The summed E-state index contributed by atoms with van der Waals surface area (Å²) in [7, 11) is -3.83. The fourth-order valence-corrected chi connectivity index (χ4v) is 4.77. The molecule has 1 aliphatic rings. The van der Waals surface area contributed by atoms with Gasteiger partial charge in [-0.3, -0.25) is 0 Å². The smallest absolute Gasteiger partial charge is 0.241 e. The van der Waals surface area contributed by atoms with Crippen LogP contribution in [0.25, 0.3) is 11.0 Å². The molecule has 1 unspecified atom stereocenters. The van der Waals surface area contributed by atoms with Crippen LogP contribution in [0.5, 0.6) is 5.88 Å². The van der Waals surface area contributed by atoms with Crippen molar-refractivity contribution >= 4 is 26.7 Å². The van der Waals surface area contributed by atoms with Crippen LogP contribution in [-0.2, 0) is 9.84 Å². The van der Waals surface area contributed by atoms with Gasteiger partial charge in [-0.05, 0) is 36.8 Å². The lowest BCUT2D eigenvalue weighted by molar-refractivity contribution is 0.272. The van der Waals surface area contributed by atoms with Crippen LogP contribution in [0, 0.1) is 18.3 Å². The van der Waals surface area contributed by atoms with Crippen LogP contribution < -0.4 is 10.5 Å². The quantitative estimate of drug-likeness (QED) is 0.697. The molecule has 2 heterocycles.